The molecule has 2 N–H and O–H groups in total. The number of pyridine rings is 1. The van der Waals surface area contributed by atoms with Gasteiger partial charge in [0, 0.05) is 25.0 Å². The molecule has 0 atom stereocenters. The van der Waals surface area contributed by atoms with E-state index in [0.29, 0.717) is 37.1 Å². The number of hydrogen-bond donors (Lipinski definition) is 2. The van der Waals surface area contributed by atoms with Gasteiger partial charge in [-0.05, 0) is 35.9 Å². The molecular formula is C18H17N5O4S. The molecular weight excluding hydrogens is 382 g/mol. The third kappa shape index (κ3) is 4.12. The molecule has 4 rings (SSSR count). The zero-order chi connectivity index (χ0) is 19.4. The summed E-state index contributed by atoms with van der Waals surface area (Å²) in [5.41, 5.74) is 0.993. The summed E-state index contributed by atoms with van der Waals surface area (Å²) in [6.45, 7) is 1.35. The third-order valence-electron chi connectivity index (χ3n) is 3.92. The van der Waals surface area contributed by atoms with Gasteiger partial charge in [0.1, 0.15) is 19.0 Å². The number of aromatic nitrogens is 3. The summed E-state index contributed by atoms with van der Waals surface area (Å²) in [6.07, 6.45) is 3.45. The van der Waals surface area contributed by atoms with Gasteiger partial charge in [0.25, 0.3) is 10.0 Å². The first-order valence-corrected chi connectivity index (χ1v) is 9.97. The first kappa shape index (κ1) is 18.0. The van der Waals surface area contributed by atoms with Crippen LogP contribution in [0.4, 0.5) is 11.6 Å². The molecule has 144 valence electrons. The van der Waals surface area contributed by atoms with Crippen molar-refractivity contribution in [2.45, 2.75) is 11.4 Å². The molecule has 9 nitrogen and oxygen atoms in total. The maximum absolute atomic E-state index is 12.6. The molecule has 2 aromatic heterocycles. The second kappa shape index (κ2) is 7.69. The zero-order valence-electron chi connectivity index (χ0n) is 14.7. The van der Waals surface area contributed by atoms with Gasteiger partial charge in [-0.25, -0.2) is 8.42 Å². The lowest BCUT2D eigenvalue weighted by molar-refractivity contribution is 0.171. The molecule has 0 saturated heterocycles. The Morgan fingerprint density at radius 1 is 0.964 bits per heavy atom. The molecule has 1 aromatic carbocycles. The largest absolute Gasteiger partial charge is 0.486 e. The molecule has 10 heteroatoms. The number of nitrogens with zero attached hydrogens (tertiary/aromatic N) is 3. The maximum Gasteiger partial charge on any atom is 0.263 e. The lowest BCUT2D eigenvalue weighted by atomic mass is 10.3. The van der Waals surface area contributed by atoms with Gasteiger partial charge >= 0.3 is 0 Å². The fourth-order valence-corrected chi connectivity index (χ4v) is 3.58. The Balaban J connectivity index is 1.43. The van der Waals surface area contributed by atoms with Crippen molar-refractivity contribution in [1.29, 1.82) is 0 Å². The van der Waals surface area contributed by atoms with E-state index in [9.17, 15) is 8.42 Å². The van der Waals surface area contributed by atoms with Crippen molar-refractivity contribution >= 4 is 21.7 Å². The lowest BCUT2D eigenvalue weighted by Gasteiger charge is -2.18. The number of anilines is 2. The molecule has 0 fully saturated rings. The second-order valence-corrected chi connectivity index (χ2v) is 7.61. The minimum Gasteiger partial charge on any atom is -0.486 e. The molecule has 0 saturated carbocycles. The van der Waals surface area contributed by atoms with Gasteiger partial charge < -0.3 is 14.8 Å². The van der Waals surface area contributed by atoms with Gasteiger partial charge in [0.05, 0.1) is 4.90 Å². The number of fused-ring (bicyclic) bond motifs is 1. The topological polar surface area (TPSA) is 115 Å². The van der Waals surface area contributed by atoms with Crippen molar-refractivity contribution in [3.05, 3.63) is 60.4 Å². The van der Waals surface area contributed by atoms with Gasteiger partial charge in [-0.1, -0.05) is 6.07 Å². The molecule has 3 aromatic rings. The van der Waals surface area contributed by atoms with E-state index < -0.39 is 10.0 Å². The fourth-order valence-electron chi connectivity index (χ4n) is 2.56. The van der Waals surface area contributed by atoms with Crippen LogP contribution in [0, 0.1) is 0 Å². The van der Waals surface area contributed by atoms with Gasteiger partial charge in [-0.3, -0.25) is 9.71 Å². The SMILES string of the molecule is O=S(=O)(Nc1ccc(NCc2cccnc2)nn1)c1ccc2c(c1)OCCO2. The lowest BCUT2D eigenvalue weighted by Crippen LogP contribution is -2.18. The first-order valence-electron chi connectivity index (χ1n) is 8.49. The Morgan fingerprint density at radius 2 is 1.75 bits per heavy atom. The van der Waals surface area contributed by atoms with Crippen LogP contribution in [0.1, 0.15) is 5.56 Å². The normalized spacial score (nSPS) is 13.0. The quantitative estimate of drug-likeness (QED) is 0.647. The monoisotopic (exact) mass is 399 g/mol. The maximum atomic E-state index is 12.6. The molecule has 0 spiro atoms. The van der Waals surface area contributed by atoms with E-state index in [0.717, 1.165) is 5.56 Å². The highest BCUT2D eigenvalue weighted by molar-refractivity contribution is 7.92. The molecule has 1 aliphatic rings. The standard InChI is InChI=1S/C18H17N5O4S/c24-28(25,14-3-4-15-16(10-14)27-9-8-26-15)23-18-6-5-17(21-22-18)20-12-13-2-1-7-19-11-13/h1-7,10-11H,8-9,12H2,(H,20,21)(H,22,23). The van der Waals surface area contributed by atoms with Gasteiger partial charge in [0.15, 0.2) is 17.3 Å². The van der Waals surface area contributed by atoms with Crippen molar-refractivity contribution in [2.24, 2.45) is 0 Å². The van der Waals surface area contributed by atoms with Crippen LogP contribution in [-0.4, -0.2) is 36.8 Å². The van der Waals surface area contributed by atoms with E-state index in [1.807, 2.05) is 12.1 Å². The summed E-state index contributed by atoms with van der Waals surface area (Å²) in [4.78, 5) is 4.09. The molecule has 0 unspecified atom stereocenters. The van der Waals surface area contributed by atoms with Crippen LogP contribution in [0.5, 0.6) is 11.5 Å². The molecule has 0 bridgehead atoms. The third-order valence-corrected chi connectivity index (χ3v) is 5.28. The van der Waals surface area contributed by atoms with E-state index in [2.05, 4.69) is 25.2 Å². The highest BCUT2D eigenvalue weighted by Crippen LogP contribution is 2.32. The smallest absolute Gasteiger partial charge is 0.263 e. The number of nitrogens with one attached hydrogen (secondary N) is 2. The Morgan fingerprint density at radius 3 is 2.50 bits per heavy atom. The van der Waals surface area contributed by atoms with Crippen molar-refractivity contribution in [2.75, 3.05) is 23.3 Å². The van der Waals surface area contributed by atoms with E-state index in [1.165, 1.54) is 18.2 Å². The Hall–Kier alpha value is -3.40. The Bertz CT molecular complexity index is 1060. The number of benzene rings is 1. The summed E-state index contributed by atoms with van der Waals surface area (Å²) in [6, 6.07) is 11.4. The van der Waals surface area contributed by atoms with E-state index in [-0.39, 0.29) is 10.7 Å². The number of hydrogen-bond acceptors (Lipinski definition) is 8. The van der Waals surface area contributed by atoms with Crippen LogP contribution in [0.15, 0.2) is 59.8 Å². The Kier molecular flexibility index (Phi) is 4.94. The van der Waals surface area contributed by atoms with E-state index in [4.69, 9.17) is 9.47 Å². The number of sulfonamides is 1. The van der Waals surface area contributed by atoms with Crippen molar-refractivity contribution in [1.82, 2.24) is 15.2 Å². The molecule has 3 heterocycles. The second-order valence-electron chi connectivity index (χ2n) is 5.93. The molecule has 1 aliphatic heterocycles. The van der Waals surface area contributed by atoms with Crippen LogP contribution in [0.2, 0.25) is 0 Å². The summed E-state index contributed by atoms with van der Waals surface area (Å²) >= 11 is 0. The van der Waals surface area contributed by atoms with E-state index >= 15 is 0 Å². The van der Waals surface area contributed by atoms with Crippen molar-refractivity contribution in [3.8, 4) is 11.5 Å². The van der Waals surface area contributed by atoms with E-state index in [1.54, 1.807) is 24.5 Å². The summed E-state index contributed by atoms with van der Waals surface area (Å²) < 4.78 is 38.4. The molecule has 0 amide bonds. The molecule has 0 aliphatic carbocycles. The predicted octanol–water partition coefficient (Wildman–Crippen LogP) is 2.06. The number of rotatable bonds is 6. The van der Waals surface area contributed by atoms with Crippen LogP contribution >= 0.6 is 0 Å². The van der Waals surface area contributed by atoms with Gasteiger partial charge in [-0.2, -0.15) is 0 Å². The van der Waals surface area contributed by atoms with Crippen LogP contribution in [0.3, 0.4) is 0 Å². The molecule has 0 radical (unpaired) electrons. The van der Waals surface area contributed by atoms with Crippen LogP contribution < -0.4 is 19.5 Å². The minimum atomic E-state index is -3.83. The fraction of sp³-hybridized carbons (Fsp3) is 0.167. The van der Waals surface area contributed by atoms with Crippen LogP contribution in [-0.2, 0) is 16.6 Å². The van der Waals surface area contributed by atoms with Crippen LogP contribution in [0.25, 0.3) is 0 Å². The average molecular weight is 399 g/mol. The highest BCUT2D eigenvalue weighted by atomic mass is 32.2. The summed E-state index contributed by atoms with van der Waals surface area (Å²) in [5, 5.41) is 11.0. The molecule has 28 heavy (non-hydrogen) atoms. The summed E-state index contributed by atoms with van der Waals surface area (Å²) in [7, 11) is -3.83. The highest BCUT2D eigenvalue weighted by Gasteiger charge is 2.20. The average Bonchev–Trinajstić information content (AvgIpc) is 2.73. The summed E-state index contributed by atoms with van der Waals surface area (Å²) in [5.74, 6) is 1.55. The van der Waals surface area contributed by atoms with Crippen molar-refractivity contribution < 1.29 is 17.9 Å². The van der Waals surface area contributed by atoms with Gasteiger partial charge in [-0.15, -0.1) is 10.2 Å². The first-order chi connectivity index (χ1) is 13.6. The number of ether oxygens (including phenoxy) is 2. The van der Waals surface area contributed by atoms with Crippen molar-refractivity contribution in [3.63, 3.8) is 0 Å². The van der Waals surface area contributed by atoms with Gasteiger partial charge in [0.2, 0.25) is 0 Å². The predicted molar refractivity (Wildman–Crippen MR) is 102 cm³/mol. The Labute approximate surface area is 161 Å². The zero-order valence-corrected chi connectivity index (χ0v) is 15.5. The minimum absolute atomic E-state index is 0.0531.